The molecule has 0 spiro atoms. The van der Waals surface area contributed by atoms with Crippen molar-refractivity contribution in [3.63, 3.8) is 0 Å². The van der Waals surface area contributed by atoms with E-state index >= 15 is 0 Å². The molecule has 1 saturated carbocycles. The van der Waals surface area contributed by atoms with E-state index in [1.807, 2.05) is 0 Å². The molecule has 0 aliphatic heterocycles. The fourth-order valence-electron chi connectivity index (χ4n) is 2.06. The highest BCUT2D eigenvalue weighted by Crippen LogP contribution is 2.42. The number of halogens is 2. The van der Waals surface area contributed by atoms with Crippen LogP contribution in [0, 0.1) is 5.82 Å². The maximum absolute atomic E-state index is 13.5. The molecule has 21 heavy (non-hydrogen) atoms. The molecule has 0 atom stereocenters. The van der Waals surface area contributed by atoms with Crippen molar-refractivity contribution in [1.29, 1.82) is 0 Å². The molecule has 1 heterocycles. The summed E-state index contributed by atoms with van der Waals surface area (Å²) in [6, 6.07) is 4.26. The Morgan fingerprint density at radius 1 is 1.52 bits per heavy atom. The molecule has 1 aliphatic carbocycles. The molecule has 2 aromatic rings. The third kappa shape index (κ3) is 2.78. The van der Waals surface area contributed by atoms with Gasteiger partial charge in [0, 0.05) is 11.5 Å². The molecular formula is C15H13ClFNO3. The molecule has 1 aromatic carbocycles. The lowest BCUT2D eigenvalue weighted by Gasteiger charge is -1.99. The third-order valence-corrected chi connectivity index (χ3v) is 3.55. The maximum atomic E-state index is 13.5. The smallest absolute Gasteiger partial charge is 0.376 e. The van der Waals surface area contributed by atoms with Gasteiger partial charge in [0.1, 0.15) is 5.82 Å². The van der Waals surface area contributed by atoms with E-state index in [0.717, 1.165) is 12.8 Å². The van der Waals surface area contributed by atoms with Crippen molar-refractivity contribution in [3.8, 4) is 11.5 Å². The van der Waals surface area contributed by atoms with Crippen LogP contribution >= 0.6 is 11.6 Å². The summed E-state index contributed by atoms with van der Waals surface area (Å²) in [6.07, 6.45) is 1.93. The minimum absolute atomic E-state index is 0.0262. The summed E-state index contributed by atoms with van der Waals surface area (Å²) >= 11 is 5.66. The number of benzene rings is 1. The number of rotatable bonds is 4. The molecule has 0 saturated heterocycles. The van der Waals surface area contributed by atoms with Crippen molar-refractivity contribution in [2.75, 3.05) is 6.61 Å². The van der Waals surface area contributed by atoms with Gasteiger partial charge in [-0.1, -0.05) is 11.6 Å². The minimum atomic E-state index is -0.557. The number of nitrogens with zero attached hydrogens (tertiary/aromatic N) is 1. The van der Waals surface area contributed by atoms with Crippen LogP contribution in [-0.4, -0.2) is 17.6 Å². The van der Waals surface area contributed by atoms with Gasteiger partial charge in [0.15, 0.2) is 0 Å². The van der Waals surface area contributed by atoms with Gasteiger partial charge in [-0.2, -0.15) is 0 Å². The first-order valence-electron chi connectivity index (χ1n) is 6.73. The van der Waals surface area contributed by atoms with Gasteiger partial charge in [0.2, 0.25) is 11.7 Å². The molecule has 6 heteroatoms. The normalized spacial score (nSPS) is 14.2. The summed E-state index contributed by atoms with van der Waals surface area (Å²) in [6.45, 7) is 1.98. The first-order chi connectivity index (χ1) is 10.1. The molecule has 1 aliphatic rings. The van der Waals surface area contributed by atoms with Crippen molar-refractivity contribution in [3.05, 3.63) is 40.5 Å². The summed E-state index contributed by atoms with van der Waals surface area (Å²) in [5, 5.41) is 0.0262. The average Bonchev–Trinajstić information content (AvgIpc) is 3.21. The van der Waals surface area contributed by atoms with Crippen LogP contribution in [0.4, 0.5) is 4.39 Å². The highest BCUT2D eigenvalue weighted by atomic mass is 35.5. The van der Waals surface area contributed by atoms with Crippen molar-refractivity contribution < 1.29 is 18.3 Å². The first kappa shape index (κ1) is 14.1. The highest BCUT2D eigenvalue weighted by molar-refractivity contribution is 6.30. The van der Waals surface area contributed by atoms with E-state index in [1.54, 1.807) is 13.0 Å². The van der Waals surface area contributed by atoms with Crippen LogP contribution in [0.3, 0.4) is 0 Å². The van der Waals surface area contributed by atoms with Crippen molar-refractivity contribution in [2.45, 2.75) is 25.7 Å². The van der Waals surface area contributed by atoms with Gasteiger partial charge in [0.05, 0.1) is 17.3 Å². The Bertz CT molecular complexity index is 694. The molecule has 3 rings (SSSR count). The fraction of sp³-hybridized carbons (Fsp3) is 0.333. The Morgan fingerprint density at radius 2 is 2.29 bits per heavy atom. The number of oxazole rings is 1. The zero-order chi connectivity index (χ0) is 15.0. The van der Waals surface area contributed by atoms with Crippen LogP contribution in [0.5, 0.6) is 0 Å². The van der Waals surface area contributed by atoms with Gasteiger partial charge in [-0.25, -0.2) is 14.2 Å². The van der Waals surface area contributed by atoms with Gasteiger partial charge in [-0.15, -0.1) is 0 Å². The zero-order valence-electron chi connectivity index (χ0n) is 11.4. The van der Waals surface area contributed by atoms with E-state index in [-0.39, 0.29) is 29.2 Å². The van der Waals surface area contributed by atoms with E-state index in [4.69, 9.17) is 20.8 Å². The predicted octanol–water partition coefficient (Wildman–Crippen LogP) is 4.19. The second kappa shape index (κ2) is 5.48. The topological polar surface area (TPSA) is 52.3 Å². The zero-order valence-corrected chi connectivity index (χ0v) is 12.1. The Kier molecular flexibility index (Phi) is 3.68. The van der Waals surface area contributed by atoms with Crippen LogP contribution in [0.2, 0.25) is 5.02 Å². The molecule has 0 bridgehead atoms. The van der Waals surface area contributed by atoms with Crippen LogP contribution in [0.1, 0.15) is 41.9 Å². The monoisotopic (exact) mass is 309 g/mol. The number of esters is 1. The lowest BCUT2D eigenvalue weighted by molar-refractivity contribution is 0.0489. The van der Waals surface area contributed by atoms with Crippen LogP contribution in [0.25, 0.3) is 11.5 Å². The standard InChI is InChI=1S/C15H13ClFNO3/c1-2-20-15(19)13-12(8-3-4-8)18-14(21-13)9-5-6-10(16)11(17)7-9/h5-8H,2-4H2,1H3. The molecule has 0 radical (unpaired) electrons. The fourth-order valence-corrected chi connectivity index (χ4v) is 2.18. The molecule has 1 aromatic heterocycles. The summed E-state index contributed by atoms with van der Waals surface area (Å²) in [4.78, 5) is 16.3. The molecule has 1 fully saturated rings. The molecule has 110 valence electrons. The number of aromatic nitrogens is 1. The van der Waals surface area contributed by atoms with E-state index < -0.39 is 11.8 Å². The molecular weight excluding hydrogens is 297 g/mol. The van der Waals surface area contributed by atoms with Gasteiger partial charge in [-0.05, 0) is 38.0 Å². The Hall–Kier alpha value is -1.88. The highest BCUT2D eigenvalue weighted by Gasteiger charge is 2.34. The number of carbonyl (C=O) groups excluding carboxylic acids is 1. The average molecular weight is 310 g/mol. The number of hydrogen-bond donors (Lipinski definition) is 0. The molecule has 0 amide bonds. The van der Waals surface area contributed by atoms with Crippen molar-refractivity contribution in [1.82, 2.24) is 4.98 Å². The van der Waals surface area contributed by atoms with E-state index in [9.17, 15) is 9.18 Å². The number of carbonyl (C=O) groups is 1. The second-order valence-electron chi connectivity index (χ2n) is 4.86. The van der Waals surface area contributed by atoms with E-state index in [0.29, 0.717) is 11.3 Å². The summed E-state index contributed by atoms with van der Waals surface area (Å²) in [5.41, 5.74) is 1.04. The van der Waals surface area contributed by atoms with Crippen LogP contribution < -0.4 is 0 Å². The first-order valence-corrected chi connectivity index (χ1v) is 7.11. The van der Waals surface area contributed by atoms with Gasteiger partial charge >= 0.3 is 5.97 Å². The largest absolute Gasteiger partial charge is 0.460 e. The third-order valence-electron chi connectivity index (χ3n) is 3.24. The molecule has 0 unspecified atom stereocenters. The summed E-state index contributed by atoms with van der Waals surface area (Å²) in [5.74, 6) is -0.551. The van der Waals surface area contributed by atoms with E-state index in [2.05, 4.69) is 4.98 Å². The van der Waals surface area contributed by atoms with Gasteiger partial charge in [0.25, 0.3) is 0 Å². The predicted molar refractivity (Wildman–Crippen MR) is 74.8 cm³/mol. The number of hydrogen-bond acceptors (Lipinski definition) is 4. The van der Waals surface area contributed by atoms with Crippen molar-refractivity contribution in [2.24, 2.45) is 0 Å². The molecule has 0 N–H and O–H groups in total. The van der Waals surface area contributed by atoms with Crippen LogP contribution in [-0.2, 0) is 4.74 Å². The SMILES string of the molecule is CCOC(=O)c1oc(-c2ccc(Cl)c(F)c2)nc1C1CC1. The Labute approximate surface area is 125 Å². The summed E-state index contributed by atoms with van der Waals surface area (Å²) < 4.78 is 24.0. The minimum Gasteiger partial charge on any atom is -0.460 e. The summed E-state index contributed by atoms with van der Waals surface area (Å²) in [7, 11) is 0. The maximum Gasteiger partial charge on any atom is 0.376 e. The lowest BCUT2D eigenvalue weighted by atomic mass is 10.2. The van der Waals surface area contributed by atoms with Gasteiger partial charge in [-0.3, -0.25) is 0 Å². The van der Waals surface area contributed by atoms with E-state index in [1.165, 1.54) is 12.1 Å². The molecule has 4 nitrogen and oxygen atoms in total. The Balaban J connectivity index is 2.01. The van der Waals surface area contributed by atoms with Gasteiger partial charge < -0.3 is 9.15 Å². The van der Waals surface area contributed by atoms with Crippen molar-refractivity contribution >= 4 is 17.6 Å². The van der Waals surface area contributed by atoms with Crippen LogP contribution in [0.15, 0.2) is 22.6 Å². The Morgan fingerprint density at radius 3 is 2.90 bits per heavy atom. The second-order valence-corrected chi connectivity index (χ2v) is 5.26. The quantitative estimate of drug-likeness (QED) is 0.795. The lowest BCUT2D eigenvalue weighted by Crippen LogP contribution is -2.05. The number of ether oxygens (including phenoxy) is 1.